The minimum absolute atomic E-state index is 0.0422. The summed E-state index contributed by atoms with van der Waals surface area (Å²) < 4.78 is 5.37. The molecule has 3 N–H and O–H groups in total. The summed E-state index contributed by atoms with van der Waals surface area (Å²) in [5.41, 5.74) is 0.524. The lowest BCUT2D eigenvalue weighted by Gasteiger charge is -2.30. The van der Waals surface area contributed by atoms with E-state index < -0.39 is 41.3 Å². The molecule has 3 aliphatic rings. The molecule has 0 aromatic heterocycles. The van der Waals surface area contributed by atoms with Gasteiger partial charge in [0.15, 0.2) is 0 Å². The fourth-order valence-corrected chi connectivity index (χ4v) is 5.32. The Morgan fingerprint density at radius 2 is 1.81 bits per heavy atom. The van der Waals surface area contributed by atoms with Gasteiger partial charge in [0.1, 0.15) is 11.3 Å². The van der Waals surface area contributed by atoms with Crippen LogP contribution in [0.5, 0.6) is 5.75 Å². The molecule has 2 aromatic rings. The molecule has 1 spiro atoms. The second kappa shape index (κ2) is 6.90. The van der Waals surface area contributed by atoms with E-state index in [9.17, 15) is 19.5 Å². The van der Waals surface area contributed by atoms with Crippen LogP contribution in [0.2, 0.25) is 0 Å². The van der Waals surface area contributed by atoms with Crippen LogP contribution in [0.4, 0.5) is 5.69 Å². The largest absolute Gasteiger partial charge is 0.496 e. The number of amides is 3. The summed E-state index contributed by atoms with van der Waals surface area (Å²) in [4.78, 5) is 41.5. The van der Waals surface area contributed by atoms with Gasteiger partial charge in [0.25, 0.3) is 0 Å². The number of rotatable bonds is 4. The Balaban J connectivity index is 1.60. The molecule has 2 fully saturated rings. The summed E-state index contributed by atoms with van der Waals surface area (Å²) in [6.45, 7) is 1.60. The number of carbonyl (C=O) groups is 3. The lowest BCUT2D eigenvalue weighted by atomic mass is 9.76. The molecule has 5 atom stereocenters. The number of benzene rings is 2. The highest BCUT2D eigenvalue weighted by atomic mass is 16.5. The quantitative estimate of drug-likeness (QED) is 0.636. The van der Waals surface area contributed by atoms with E-state index in [0.29, 0.717) is 22.6 Å². The molecule has 3 heterocycles. The molecule has 0 saturated carbocycles. The Kier molecular flexibility index (Phi) is 4.39. The SMILES string of the molecule is COc1ccccc1CN1C(=O)[C@@H]2[C@H]([C@H](C)O)N[C@@]3(C(=O)Nc4ccccc43)[C@@H]2C1=O. The summed E-state index contributed by atoms with van der Waals surface area (Å²) >= 11 is 0. The van der Waals surface area contributed by atoms with Crippen LogP contribution in [-0.2, 0) is 26.5 Å². The minimum Gasteiger partial charge on any atom is -0.496 e. The molecule has 2 aromatic carbocycles. The maximum Gasteiger partial charge on any atom is 0.250 e. The van der Waals surface area contributed by atoms with Crippen molar-refractivity contribution in [3.63, 3.8) is 0 Å². The number of fused-ring (bicyclic) bond motifs is 4. The Morgan fingerprint density at radius 1 is 1.10 bits per heavy atom. The van der Waals surface area contributed by atoms with Crippen LogP contribution in [0, 0.1) is 11.8 Å². The van der Waals surface area contributed by atoms with Gasteiger partial charge in [0.05, 0.1) is 31.6 Å². The average molecular weight is 421 g/mol. The van der Waals surface area contributed by atoms with Crippen molar-refractivity contribution in [3.8, 4) is 5.75 Å². The molecule has 31 heavy (non-hydrogen) atoms. The van der Waals surface area contributed by atoms with Gasteiger partial charge in [-0.2, -0.15) is 0 Å². The Labute approximate surface area is 179 Å². The third kappa shape index (κ3) is 2.58. The van der Waals surface area contributed by atoms with Crippen molar-refractivity contribution >= 4 is 23.4 Å². The van der Waals surface area contributed by atoms with E-state index in [4.69, 9.17) is 4.74 Å². The van der Waals surface area contributed by atoms with E-state index in [1.807, 2.05) is 12.1 Å². The maximum absolute atomic E-state index is 13.6. The van der Waals surface area contributed by atoms with E-state index >= 15 is 0 Å². The van der Waals surface area contributed by atoms with Crippen molar-refractivity contribution in [2.45, 2.75) is 31.2 Å². The number of likely N-dealkylation sites (tertiary alicyclic amines) is 1. The molecule has 160 valence electrons. The van der Waals surface area contributed by atoms with E-state index in [0.717, 1.165) is 0 Å². The zero-order chi connectivity index (χ0) is 21.9. The summed E-state index contributed by atoms with van der Waals surface area (Å²) in [6.07, 6.45) is -0.935. The summed E-state index contributed by atoms with van der Waals surface area (Å²) in [7, 11) is 1.53. The predicted octanol–water partition coefficient (Wildman–Crippen LogP) is 0.997. The standard InChI is InChI=1S/C23H23N3O5/c1-12(27)19-17-18(23(25-19)14-8-4-5-9-15(14)24-22(23)30)21(29)26(20(17)28)11-13-7-3-6-10-16(13)31-2/h3-10,12,17-19,25,27H,11H2,1-2H3,(H,24,30)/t12-,17-,18-,19-,23+/m0/s1. The number of nitrogens with zero attached hydrogens (tertiary/aromatic N) is 1. The van der Waals surface area contributed by atoms with Gasteiger partial charge in [0, 0.05) is 22.9 Å². The van der Waals surface area contributed by atoms with Crippen LogP contribution in [0.15, 0.2) is 48.5 Å². The number of para-hydroxylation sites is 2. The number of ether oxygens (including phenoxy) is 1. The van der Waals surface area contributed by atoms with Crippen LogP contribution in [-0.4, -0.2) is 47.0 Å². The Hall–Kier alpha value is -3.23. The zero-order valence-electron chi connectivity index (χ0n) is 17.2. The van der Waals surface area contributed by atoms with Gasteiger partial charge in [-0.1, -0.05) is 36.4 Å². The third-order valence-corrected chi connectivity index (χ3v) is 6.69. The van der Waals surface area contributed by atoms with Crippen molar-refractivity contribution in [1.82, 2.24) is 10.2 Å². The maximum atomic E-state index is 13.6. The molecule has 8 nitrogen and oxygen atoms in total. The van der Waals surface area contributed by atoms with Gasteiger partial charge in [-0.3, -0.25) is 24.6 Å². The Bertz CT molecular complexity index is 1100. The van der Waals surface area contributed by atoms with E-state index in [1.165, 1.54) is 12.0 Å². The zero-order valence-corrected chi connectivity index (χ0v) is 17.2. The average Bonchev–Trinajstić information content (AvgIpc) is 3.35. The first kappa shape index (κ1) is 19.7. The number of carbonyl (C=O) groups excluding carboxylic acids is 3. The molecule has 2 saturated heterocycles. The normalized spacial score (nSPS) is 29.8. The van der Waals surface area contributed by atoms with Crippen molar-refractivity contribution in [3.05, 3.63) is 59.7 Å². The van der Waals surface area contributed by atoms with Crippen LogP contribution in [0.25, 0.3) is 0 Å². The number of hydrogen-bond donors (Lipinski definition) is 3. The highest BCUT2D eigenvalue weighted by Crippen LogP contribution is 2.53. The Morgan fingerprint density at radius 3 is 2.55 bits per heavy atom. The number of anilines is 1. The number of imide groups is 1. The molecule has 0 aliphatic carbocycles. The first-order chi connectivity index (χ1) is 14.9. The van der Waals surface area contributed by atoms with Gasteiger partial charge in [-0.25, -0.2) is 0 Å². The second-order valence-electron chi connectivity index (χ2n) is 8.30. The lowest BCUT2D eigenvalue weighted by molar-refractivity contribution is -0.143. The fourth-order valence-electron chi connectivity index (χ4n) is 5.32. The number of nitrogens with one attached hydrogen (secondary N) is 2. The van der Waals surface area contributed by atoms with Crippen LogP contribution in [0.3, 0.4) is 0 Å². The molecule has 0 unspecified atom stereocenters. The summed E-state index contributed by atoms with van der Waals surface area (Å²) in [6, 6.07) is 13.6. The second-order valence-corrected chi connectivity index (χ2v) is 8.30. The molecule has 8 heteroatoms. The van der Waals surface area contributed by atoms with E-state index in [-0.39, 0.29) is 12.5 Å². The summed E-state index contributed by atoms with van der Waals surface area (Å²) in [5.74, 6) is -2.43. The van der Waals surface area contributed by atoms with Gasteiger partial charge in [0.2, 0.25) is 17.7 Å². The van der Waals surface area contributed by atoms with Crippen molar-refractivity contribution < 1.29 is 24.2 Å². The van der Waals surface area contributed by atoms with E-state index in [1.54, 1.807) is 43.3 Å². The summed E-state index contributed by atoms with van der Waals surface area (Å²) in [5, 5.41) is 16.5. The topological polar surface area (TPSA) is 108 Å². The number of aliphatic hydroxyl groups is 1. The van der Waals surface area contributed by atoms with Crippen molar-refractivity contribution in [2.24, 2.45) is 11.8 Å². The first-order valence-corrected chi connectivity index (χ1v) is 10.2. The van der Waals surface area contributed by atoms with Gasteiger partial charge < -0.3 is 15.2 Å². The van der Waals surface area contributed by atoms with Crippen molar-refractivity contribution in [2.75, 3.05) is 12.4 Å². The van der Waals surface area contributed by atoms with Crippen LogP contribution >= 0.6 is 0 Å². The van der Waals surface area contributed by atoms with Crippen LogP contribution < -0.4 is 15.4 Å². The van der Waals surface area contributed by atoms with Gasteiger partial charge in [-0.15, -0.1) is 0 Å². The van der Waals surface area contributed by atoms with Gasteiger partial charge in [-0.05, 0) is 19.1 Å². The smallest absolute Gasteiger partial charge is 0.250 e. The third-order valence-electron chi connectivity index (χ3n) is 6.69. The monoisotopic (exact) mass is 421 g/mol. The van der Waals surface area contributed by atoms with E-state index in [2.05, 4.69) is 10.6 Å². The lowest BCUT2D eigenvalue weighted by Crippen LogP contribution is -2.54. The molecule has 3 aliphatic heterocycles. The minimum atomic E-state index is -1.40. The molecule has 3 amide bonds. The van der Waals surface area contributed by atoms with Gasteiger partial charge >= 0.3 is 0 Å². The van der Waals surface area contributed by atoms with Crippen LogP contribution in [0.1, 0.15) is 18.1 Å². The molecular formula is C23H23N3O5. The molecule has 5 rings (SSSR count). The van der Waals surface area contributed by atoms with Crippen molar-refractivity contribution in [1.29, 1.82) is 0 Å². The number of aliphatic hydroxyl groups excluding tert-OH is 1. The molecule has 0 bridgehead atoms. The first-order valence-electron chi connectivity index (χ1n) is 10.2. The number of methoxy groups -OCH3 is 1. The predicted molar refractivity (Wildman–Crippen MR) is 111 cm³/mol. The molecular weight excluding hydrogens is 398 g/mol. The highest BCUT2D eigenvalue weighted by molar-refractivity contribution is 6.15. The number of hydrogen-bond acceptors (Lipinski definition) is 6. The molecule has 0 radical (unpaired) electrons. The fraction of sp³-hybridized carbons (Fsp3) is 0.348. The highest BCUT2D eigenvalue weighted by Gasteiger charge is 2.71.